The van der Waals surface area contributed by atoms with Gasteiger partial charge >= 0.3 is 0 Å². The van der Waals surface area contributed by atoms with Gasteiger partial charge in [0, 0.05) is 36.6 Å². The Labute approximate surface area is 145 Å². The first-order valence-electron chi connectivity index (χ1n) is 8.51. The van der Waals surface area contributed by atoms with E-state index in [0.29, 0.717) is 12.0 Å². The van der Waals surface area contributed by atoms with Crippen LogP contribution in [-0.2, 0) is 10.0 Å². The van der Waals surface area contributed by atoms with E-state index in [9.17, 15) is 8.42 Å². The van der Waals surface area contributed by atoms with Gasteiger partial charge in [-0.15, -0.1) is 6.58 Å². The van der Waals surface area contributed by atoms with E-state index in [-0.39, 0.29) is 11.8 Å². The van der Waals surface area contributed by atoms with E-state index in [0.717, 1.165) is 11.3 Å². The second kappa shape index (κ2) is 8.07. The van der Waals surface area contributed by atoms with Gasteiger partial charge in [0.2, 0.25) is 16.0 Å². The minimum absolute atomic E-state index is 0.0975. The van der Waals surface area contributed by atoms with E-state index < -0.39 is 10.0 Å². The lowest BCUT2D eigenvalue weighted by Gasteiger charge is -2.31. The molecule has 1 aromatic heterocycles. The highest BCUT2D eigenvalue weighted by atomic mass is 32.2. The second-order valence-electron chi connectivity index (χ2n) is 6.52. The Kier molecular flexibility index (Phi) is 6.34. The molecule has 0 spiro atoms. The van der Waals surface area contributed by atoms with E-state index in [1.54, 1.807) is 13.1 Å². The molecule has 7 heteroatoms. The molecule has 1 aliphatic rings. The van der Waals surface area contributed by atoms with Crippen molar-refractivity contribution in [2.45, 2.75) is 58.0 Å². The Morgan fingerprint density at radius 1 is 1.42 bits per heavy atom. The van der Waals surface area contributed by atoms with Crippen LogP contribution in [0.4, 0.5) is 5.95 Å². The van der Waals surface area contributed by atoms with Gasteiger partial charge in [-0.25, -0.2) is 23.1 Å². The lowest BCUT2D eigenvalue weighted by molar-refractivity contribution is 0.424. The molecule has 1 heterocycles. The van der Waals surface area contributed by atoms with Crippen LogP contribution in [0.25, 0.3) is 0 Å². The Bertz CT molecular complexity index is 669. The highest BCUT2D eigenvalue weighted by Crippen LogP contribution is 2.25. The maximum absolute atomic E-state index is 11.9. The molecule has 2 rings (SSSR count). The standard InChI is InChI=1S/C17H28N4O2S/c1-5-11-24(22,23)20-14(3)16-12-18-17(19-13(16)2)21(4)15-9-7-6-8-10-15/h5,12,14-15,20H,1,6-11H2,2-4H3/t14-/m1/s1. The molecular formula is C17H28N4O2S. The number of hydrogen-bond acceptors (Lipinski definition) is 5. The van der Waals surface area contributed by atoms with E-state index in [4.69, 9.17) is 0 Å². The lowest BCUT2D eigenvalue weighted by Crippen LogP contribution is -2.35. The zero-order chi connectivity index (χ0) is 17.7. The van der Waals surface area contributed by atoms with Crippen molar-refractivity contribution in [1.29, 1.82) is 0 Å². The summed E-state index contributed by atoms with van der Waals surface area (Å²) in [5, 5.41) is 0. The number of anilines is 1. The first kappa shape index (κ1) is 18.9. The van der Waals surface area contributed by atoms with Crippen LogP contribution >= 0.6 is 0 Å². The van der Waals surface area contributed by atoms with Crippen molar-refractivity contribution < 1.29 is 8.42 Å². The number of nitrogens with one attached hydrogen (secondary N) is 1. The number of aryl methyl sites for hydroxylation is 1. The second-order valence-corrected chi connectivity index (χ2v) is 8.32. The minimum Gasteiger partial charge on any atom is -0.341 e. The van der Waals surface area contributed by atoms with Gasteiger partial charge in [0.15, 0.2) is 0 Å². The van der Waals surface area contributed by atoms with Gasteiger partial charge in [0.25, 0.3) is 0 Å². The summed E-state index contributed by atoms with van der Waals surface area (Å²) in [7, 11) is -1.33. The third-order valence-corrected chi connectivity index (χ3v) is 5.99. The van der Waals surface area contributed by atoms with Gasteiger partial charge < -0.3 is 4.90 Å². The van der Waals surface area contributed by atoms with Crippen molar-refractivity contribution in [3.63, 3.8) is 0 Å². The van der Waals surface area contributed by atoms with Crippen LogP contribution in [0.15, 0.2) is 18.9 Å². The van der Waals surface area contributed by atoms with Crippen molar-refractivity contribution in [2.75, 3.05) is 17.7 Å². The largest absolute Gasteiger partial charge is 0.341 e. The number of nitrogens with zero attached hydrogens (tertiary/aromatic N) is 3. The fraction of sp³-hybridized carbons (Fsp3) is 0.647. The van der Waals surface area contributed by atoms with E-state index in [1.165, 1.54) is 38.2 Å². The van der Waals surface area contributed by atoms with Crippen LogP contribution in [0.1, 0.15) is 56.3 Å². The van der Waals surface area contributed by atoms with E-state index in [1.807, 2.05) is 14.0 Å². The topological polar surface area (TPSA) is 75.2 Å². The normalized spacial score (nSPS) is 17.5. The van der Waals surface area contributed by atoms with Crippen molar-refractivity contribution in [3.05, 3.63) is 30.1 Å². The number of rotatable bonds is 7. The highest BCUT2D eigenvalue weighted by molar-refractivity contribution is 7.89. The quantitative estimate of drug-likeness (QED) is 0.764. The van der Waals surface area contributed by atoms with Crippen molar-refractivity contribution in [1.82, 2.24) is 14.7 Å². The molecule has 0 bridgehead atoms. The Balaban J connectivity index is 2.12. The highest BCUT2D eigenvalue weighted by Gasteiger charge is 2.22. The van der Waals surface area contributed by atoms with Crippen LogP contribution in [-0.4, -0.2) is 37.2 Å². The molecular weight excluding hydrogens is 324 g/mol. The van der Waals surface area contributed by atoms with Crippen molar-refractivity contribution in [2.24, 2.45) is 0 Å². The summed E-state index contributed by atoms with van der Waals surface area (Å²) in [6.45, 7) is 7.17. The molecule has 0 amide bonds. The van der Waals surface area contributed by atoms with Gasteiger partial charge in [-0.2, -0.15) is 0 Å². The molecule has 0 radical (unpaired) electrons. The Hall–Kier alpha value is -1.47. The average Bonchev–Trinajstić information content (AvgIpc) is 2.54. The number of hydrogen-bond donors (Lipinski definition) is 1. The molecule has 1 fully saturated rings. The fourth-order valence-electron chi connectivity index (χ4n) is 3.23. The van der Waals surface area contributed by atoms with Gasteiger partial charge in [0.05, 0.1) is 5.75 Å². The zero-order valence-electron chi connectivity index (χ0n) is 14.8. The summed E-state index contributed by atoms with van der Waals surface area (Å²) in [6, 6.07) is 0.122. The minimum atomic E-state index is -3.37. The molecule has 1 aromatic rings. The first-order valence-corrected chi connectivity index (χ1v) is 10.2. The van der Waals surface area contributed by atoms with E-state index >= 15 is 0 Å². The average molecular weight is 353 g/mol. The predicted molar refractivity (Wildman–Crippen MR) is 97.6 cm³/mol. The Morgan fingerprint density at radius 3 is 2.67 bits per heavy atom. The lowest BCUT2D eigenvalue weighted by atomic mass is 9.95. The zero-order valence-corrected chi connectivity index (χ0v) is 15.6. The number of sulfonamides is 1. The summed E-state index contributed by atoms with van der Waals surface area (Å²) in [4.78, 5) is 11.2. The molecule has 1 atom stereocenters. The van der Waals surface area contributed by atoms with Crippen LogP contribution in [0.2, 0.25) is 0 Å². The monoisotopic (exact) mass is 352 g/mol. The smallest absolute Gasteiger partial charge is 0.225 e. The summed E-state index contributed by atoms with van der Waals surface area (Å²) >= 11 is 0. The van der Waals surface area contributed by atoms with Crippen LogP contribution in [0.5, 0.6) is 0 Å². The Morgan fingerprint density at radius 2 is 2.08 bits per heavy atom. The molecule has 0 saturated heterocycles. The van der Waals surface area contributed by atoms with Crippen LogP contribution < -0.4 is 9.62 Å². The summed E-state index contributed by atoms with van der Waals surface area (Å²) in [6.07, 6.45) is 9.30. The third-order valence-electron chi connectivity index (χ3n) is 4.60. The summed E-state index contributed by atoms with van der Waals surface area (Å²) < 4.78 is 26.4. The van der Waals surface area contributed by atoms with Gasteiger partial charge in [-0.3, -0.25) is 0 Å². The molecule has 1 N–H and O–H groups in total. The molecule has 0 aliphatic heterocycles. The first-order chi connectivity index (χ1) is 11.3. The number of aromatic nitrogens is 2. The van der Waals surface area contributed by atoms with Gasteiger partial charge in [-0.1, -0.05) is 25.3 Å². The molecule has 6 nitrogen and oxygen atoms in total. The maximum Gasteiger partial charge on any atom is 0.225 e. The third kappa shape index (κ3) is 4.77. The molecule has 134 valence electrons. The predicted octanol–water partition coefficient (Wildman–Crippen LogP) is 2.72. The van der Waals surface area contributed by atoms with Gasteiger partial charge in [0.1, 0.15) is 0 Å². The fourth-order valence-corrected chi connectivity index (χ4v) is 4.30. The van der Waals surface area contributed by atoms with E-state index in [2.05, 4.69) is 26.2 Å². The molecule has 0 aromatic carbocycles. The molecule has 1 aliphatic carbocycles. The maximum atomic E-state index is 11.9. The van der Waals surface area contributed by atoms with Gasteiger partial charge in [-0.05, 0) is 26.7 Å². The summed E-state index contributed by atoms with van der Waals surface area (Å²) in [5.74, 6) is 0.615. The van der Waals surface area contributed by atoms with Crippen LogP contribution in [0.3, 0.4) is 0 Å². The molecule has 1 saturated carbocycles. The SMILES string of the molecule is C=CCS(=O)(=O)N[C@H](C)c1cnc(N(C)C2CCCCC2)nc1C. The summed E-state index contributed by atoms with van der Waals surface area (Å²) in [5.41, 5.74) is 1.60. The van der Waals surface area contributed by atoms with Crippen molar-refractivity contribution >= 4 is 16.0 Å². The van der Waals surface area contributed by atoms with Crippen LogP contribution in [0, 0.1) is 6.92 Å². The molecule has 24 heavy (non-hydrogen) atoms. The molecule has 0 unspecified atom stereocenters. The van der Waals surface area contributed by atoms with Crippen molar-refractivity contribution in [3.8, 4) is 0 Å².